The Bertz CT molecular complexity index is 1400. The Morgan fingerprint density at radius 2 is 1.68 bits per heavy atom. The topological polar surface area (TPSA) is 113 Å². The van der Waals surface area contributed by atoms with Gasteiger partial charge in [0.15, 0.2) is 23.0 Å². The molecule has 3 aromatic carbocycles. The summed E-state index contributed by atoms with van der Waals surface area (Å²) in [4.78, 5) is 12.5. The first-order chi connectivity index (χ1) is 17.7. The number of carbonyl (C=O) groups excluding carboxylic acids is 1. The Kier molecular flexibility index (Phi) is 9.79. The number of benzene rings is 3. The van der Waals surface area contributed by atoms with E-state index in [1.54, 1.807) is 31.2 Å². The summed E-state index contributed by atoms with van der Waals surface area (Å²) in [7, 11) is -2.64. The van der Waals surface area contributed by atoms with Crippen LogP contribution in [0.4, 0.5) is 0 Å². The van der Waals surface area contributed by atoms with E-state index in [9.17, 15) is 13.2 Å². The van der Waals surface area contributed by atoms with E-state index >= 15 is 0 Å². The van der Waals surface area contributed by atoms with E-state index in [-0.39, 0.29) is 23.0 Å². The summed E-state index contributed by atoms with van der Waals surface area (Å²) in [5.41, 5.74) is 3.28. The number of methoxy groups -OCH3 is 1. The van der Waals surface area contributed by atoms with Crippen LogP contribution in [0.2, 0.25) is 5.02 Å². The van der Waals surface area contributed by atoms with Crippen LogP contribution >= 0.6 is 27.5 Å². The molecule has 0 radical (unpaired) electrons. The van der Waals surface area contributed by atoms with E-state index < -0.39 is 16.0 Å². The molecule has 1 amide bonds. The van der Waals surface area contributed by atoms with Gasteiger partial charge in [0, 0.05) is 10.6 Å². The number of hydrogen-bond donors (Lipinski definition) is 1. The van der Waals surface area contributed by atoms with E-state index in [4.69, 9.17) is 30.0 Å². The van der Waals surface area contributed by atoms with Crippen molar-refractivity contribution in [3.8, 4) is 23.0 Å². The minimum atomic E-state index is -4.16. The average molecular weight is 612 g/mol. The fourth-order valence-electron chi connectivity index (χ4n) is 3.08. The molecule has 0 heterocycles. The molecular formula is C25H24BrClN2O7S. The first-order valence-corrected chi connectivity index (χ1v) is 13.6. The SMILES string of the molecule is CCOc1cc(C(=O)N/N=C/c2cc(Br)c(OS(=O)(=O)c3ccc(Cl)cc3)c(OCC)c2)ccc1OC. The minimum Gasteiger partial charge on any atom is -0.493 e. The van der Waals surface area contributed by atoms with Gasteiger partial charge in [-0.3, -0.25) is 4.79 Å². The minimum absolute atomic E-state index is 0.0281. The summed E-state index contributed by atoms with van der Waals surface area (Å²) in [5.74, 6) is 0.628. The van der Waals surface area contributed by atoms with Crippen molar-refractivity contribution in [2.75, 3.05) is 20.3 Å². The lowest BCUT2D eigenvalue weighted by atomic mass is 10.2. The van der Waals surface area contributed by atoms with Crippen LogP contribution in [0.3, 0.4) is 0 Å². The second kappa shape index (κ2) is 12.8. The summed E-state index contributed by atoms with van der Waals surface area (Å²) in [6.45, 7) is 4.24. The number of halogens is 2. The maximum absolute atomic E-state index is 12.8. The third kappa shape index (κ3) is 7.37. The molecule has 0 unspecified atom stereocenters. The van der Waals surface area contributed by atoms with Gasteiger partial charge >= 0.3 is 10.1 Å². The molecule has 1 N–H and O–H groups in total. The number of nitrogens with one attached hydrogen (secondary N) is 1. The monoisotopic (exact) mass is 610 g/mol. The van der Waals surface area contributed by atoms with Gasteiger partial charge < -0.3 is 18.4 Å². The maximum atomic E-state index is 12.8. The van der Waals surface area contributed by atoms with Gasteiger partial charge in [-0.2, -0.15) is 13.5 Å². The first kappa shape index (κ1) is 28.3. The summed E-state index contributed by atoms with van der Waals surface area (Å²) in [5, 5.41) is 4.39. The van der Waals surface area contributed by atoms with Crippen molar-refractivity contribution in [2.45, 2.75) is 18.7 Å². The first-order valence-electron chi connectivity index (χ1n) is 11.0. The molecule has 0 atom stereocenters. The molecule has 0 spiro atoms. The highest BCUT2D eigenvalue weighted by Crippen LogP contribution is 2.38. The number of rotatable bonds is 11. The Labute approximate surface area is 228 Å². The summed E-state index contributed by atoms with van der Waals surface area (Å²) in [6.07, 6.45) is 1.38. The molecule has 37 heavy (non-hydrogen) atoms. The highest BCUT2D eigenvalue weighted by Gasteiger charge is 2.22. The molecule has 0 bridgehead atoms. The Balaban J connectivity index is 1.80. The zero-order valence-corrected chi connectivity index (χ0v) is 23.3. The van der Waals surface area contributed by atoms with Crippen molar-refractivity contribution >= 4 is 49.8 Å². The van der Waals surface area contributed by atoms with Gasteiger partial charge in [0.2, 0.25) is 0 Å². The lowest BCUT2D eigenvalue weighted by Gasteiger charge is -2.14. The molecule has 3 aromatic rings. The summed E-state index contributed by atoms with van der Waals surface area (Å²) >= 11 is 9.18. The number of carbonyl (C=O) groups is 1. The Morgan fingerprint density at radius 3 is 2.32 bits per heavy atom. The maximum Gasteiger partial charge on any atom is 0.339 e. The van der Waals surface area contributed by atoms with Crippen LogP contribution in [0.5, 0.6) is 23.0 Å². The van der Waals surface area contributed by atoms with Crippen LogP contribution in [0.15, 0.2) is 69.1 Å². The van der Waals surface area contributed by atoms with Crippen LogP contribution < -0.4 is 23.8 Å². The van der Waals surface area contributed by atoms with Crippen molar-refractivity contribution in [1.82, 2.24) is 5.43 Å². The van der Waals surface area contributed by atoms with Crippen LogP contribution in [0.1, 0.15) is 29.8 Å². The standard InChI is InChI=1S/C25H24BrClN2O7S/c1-4-34-22-14-17(6-11-21(22)33-3)25(30)29-28-15-16-12-20(26)24(23(13-16)35-5-2)36-37(31,32)19-9-7-18(27)8-10-19/h6-15H,4-5H2,1-3H3,(H,29,30)/b28-15+. The van der Waals surface area contributed by atoms with Crippen molar-refractivity contribution in [3.05, 3.63) is 75.2 Å². The highest BCUT2D eigenvalue weighted by molar-refractivity contribution is 9.10. The molecule has 0 saturated carbocycles. The lowest BCUT2D eigenvalue weighted by molar-refractivity contribution is 0.0954. The van der Waals surface area contributed by atoms with E-state index in [0.29, 0.717) is 38.7 Å². The molecule has 0 aliphatic carbocycles. The molecule has 0 fully saturated rings. The van der Waals surface area contributed by atoms with Crippen LogP contribution in [0.25, 0.3) is 0 Å². The second-order valence-corrected chi connectivity index (χ2v) is 10.1. The Hall–Kier alpha value is -3.28. The van der Waals surface area contributed by atoms with Crippen LogP contribution in [0, 0.1) is 0 Å². The number of ether oxygens (including phenoxy) is 3. The molecular weight excluding hydrogens is 588 g/mol. The van der Waals surface area contributed by atoms with E-state index in [0.717, 1.165) is 0 Å². The van der Waals surface area contributed by atoms with Gasteiger partial charge in [-0.15, -0.1) is 0 Å². The van der Waals surface area contributed by atoms with Gasteiger partial charge in [0.05, 0.1) is 31.0 Å². The second-order valence-electron chi connectivity index (χ2n) is 7.25. The van der Waals surface area contributed by atoms with Crippen molar-refractivity contribution < 1.29 is 31.6 Å². The Morgan fingerprint density at radius 1 is 1.00 bits per heavy atom. The third-order valence-corrected chi connectivity index (χ3v) is 6.81. The molecule has 0 aromatic heterocycles. The number of hydrogen-bond acceptors (Lipinski definition) is 8. The van der Waals surface area contributed by atoms with E-state index in [2.05, 4.69) is 26.5 Å². The zero-order chi connectivity index (χ0) is 27.0. The smallest absolute Gasteiger partial charge is 0.339 e. The fourth-order valence-corrected chi connectivity index (χ4v) is 4.81. The molecule has 0 saturated heterocycles. The van der Waals surface area contributed by atoms with Crippen molar-refractivity contribution in [2.24, 2.45) is 5.10 Å². The molecule has 3 rings (SSSR count). The van der Waals surface area contributed by atoms with Crippen molar-refractivity contribution in [3.63, 3.8) is 0 Å². The van der Waals surface area contributed by atoms with E-state index in [1.807, 2.05) is 6.92 Å². The molecule has 0 aliphatic heterocycles. The third-order valence-electron chi connectivity index (χ3n) is 4.73. The fraction of sp³-hybridized carbons (Fsp3) is 0.200. The van der Waals surface area contributed by atoms with Gasteiger partial charge in [-0.25, -0.2) is 5.43 Å². The molecule has 196 valence electrons. The predicted octanol–water partition coefficient (Wildman–Crippen LogP) is 5.44. The quantitative estimate of drug-likeness (QED) is 0.175. The van der Waals surface area contributed by atoms with Crippen molar-refractivity contribution in [1.29, 1.82) is 0 Å². The van der Waals surface area contributed by atoms with Gasteiger partial charge in [0.25, 0.3) is 5.91 Å². The average Bonchev–Trinajstić information content (AvgIpc) is 2.86. The molecule has 9 nitrogen and oxygen atoms in total. The van der Waals surface area contributed by atoms with Crippen LogP contribution in [-0.2, 0) is 10.1 Å². The van der Waals surface area contributed by atoms with Crippen LogP contribution in [-0.4, -0.2) is 40.9 Å². The lowest BCUT2D eigenvalue weighted by Crippen LogP contribution is -2.17. The zero-order valence-electron chi connectivity index (χ0n) is 20.2. The molecule has 0 aliphatic rings. The van der Waals surface area contributed by atoms with Gasteiger partial charge in [-0.1, -0.05) is 11.6 Å². The van der Waals surface area contributed by atoms with Gasteiger partial charge in [0.1, 0.15) is 4.90 Å². The number of amides is 1. The molecule has 12 heteroatoms. The number of hydrazone groups is 1. The van der Waals surface area contributed by atoms with E-state index in [1.165, 1.54) is 43.7 Å². The number of nitrogens with zero attached hydrogens (tertiary/aromatic N) is 1. The largest absolute Gasteiger partial charge is 0.493 e. The predicted molar refractivity (Wildman–Crippen MR) is 144 cm³/mol. The normalized spacial score (nSPS) is 11.3. The summed E-state index contributed by atoms with van der Waals surface area (Å²) in [6, 6.07) is 13.5. The highest BCUT2D eigenvalue weighted by atomic mass is 79.9. The summed E-state index contributed by atoms with van der Waals surface area (Å²) < 4.78 is 47.5. The van der Waals surface area contributed by atoms with Gasteiger partial charge in [-0.05, 0) is 89.9 Å².